The van der Waals surface area contributed by atoms with Crippen LogP contribution in [0.3, 0.4) is 0 Å². The van der Waals surface area contributed by atoms with E-state index in [9.17, 15) is 19.7 Å². The molecular formula is C22H25BrN4O4. The van der Waals surface area contributed by atoms with Gasteiger partial charge < -0.3 is 16.4 Å². The van der Waals surface area contributed by atoms with Gasteiger partial charge in [-0.25, -0.2) is 0 Å². The van der Waals surface area contributed by atoms with Crippen molar-refractivity contribution >= 4 is 39.1 Å². The van der Waals surface area contributed by atoms with Crippen molar-refractivity contribution in [3.05, 3.63) is 68.2 Å². The monoisotopic (exact) mass is 488 g/mol. The summed E-state index contributed by atoms with van der Waals surface area (Å²) in [6.07, 6.45) is 4.14. The summed E-state index contributed by atoms with van der Waals surface area (Å²) in [6, 6.07) is 11.5. The predicted molar refractivity (Wildman–Crippen MR) is 122 cm³/mol. The molecule has 4 N–H and O–H groups in total. The van der Waals surface area contributed by atoms with Gasteiger partial charge in [-0.15, -0.1) is 0 Å². The Kier molecular flexibility index (Phi) is 7.62. The molecule has 2 amide bonds. The maximum absolute atomic E-state index is 12.6. The molecule has 0 radical (unpaired) electrons. The Morgan fingerprint density at radius 2 is 1.84 bits per heavy atom. The van der Waals surface area contributed by atoms with Crippen molar-refractivity contribution in [2.24, 2.45) is 5.73 Å². The second kappa shape index (κ2) is 10.4. The quantitative estimate of drug-likeness (QED) is 0.363. The van der Waals surface area contributed by atoms with Crippen LogP contribution in [-0.2, 0) is 16.0 Å². The maximum Gasteiger partial charge on any atom is 0.292 e. The zero-order valence-corrected chi connectivity index (χ0v) is 18.6. The lowest BCUT2D eigenvalue weighted by molar-refractivity contribution is -0.384. The summed E-state index contributed by atoms with van der Waals surface area (Å²) in [5.74, 6) is -0.908. The van der Waals surface area contributed by atoms with Crippen LogP contribution in [0.5, 0.6) is 0 Å². The fourth-order valence-electron chi connectivity index (χ4n) is 3.82. The molecule has 1 aliphatic rings. The zero-order chi connectivity index (χ0) is 22.4. The van der Waals surface area contributed by atoms with Crippen LogP contribution in [0.15, 0.2) is 46.9 Å². The molecule has 0 aliphatic heterocycles. The fraction of sp³-hybridized carbons (Fsp3) is 0.364. The van der Waals surface area contributed by atoms with Crippen LogP contribution in [-0.4, -0.2) is 22.8 Å². The summed E-state index contributed by atoms with van der Waals surface area (Å²) in [4.78, 5) is 35.4. The van der Waals surface area contributed by atoms with Gasteiger partial charge in [-0.2, -0.15) is 0 Å². The maximum atomic E-state index is 12.6. The summed E-state index contributed by atoms with van der Waals surface area (Å²) in [5, 5.41) is 17.7. The van der Waals surface area contributed by atoms with Gasteiger partial charge in [0.05, 0.1) is 23.8 Å². The molecular weight excluding hydrogens is 464 g/mol. The predicted octanol–water partition coefficient (Wildman–Crippen LogP) is 3.99. The van der Waals surface area contributed by atoms with Gasteiger partial charge in [-0.05, 0) is 42.2 Å². The lowest BCUT2D eigenvalue weighted by Gasteiger charge is -2.19. The third-order valence-electron chi connectivity index (χ3n) is 5.35. The molecule has 1 saturated carbocycles. The van der Waals surface area contributed by atoms with Crippen molar-refractivity contribution in [3.8, 4) is 0 Å². The smallest absolute Gasteiger partial charge is 0.292 e. The first-order chi connectivity index (χ1) is 14.8. The molecule has 2 aromatic rings. The zero-order valence-electron chi connectivity index (χ0n) is 17.0. The van der Waals surface area contributed by atoms with Gasteiger partial charge in [0.15, 0.2) is 0 Å². The van der Waals surface area contributed by atoms with Crippen LogP contribution >= 0.6 is 15.9 Å². The number of amides is 2. The summed E-state index contributed by atoms with van der Waals surface area (Å²) >= 11 is 3.35. The van der Waals surface area contributed by atoms with Gasteiger partial charge in [0, 0.05) is 16.6 Å². The van der Waals surface area contributed by atoms with Crippen LogP contribution in [0.25, 0.3) is 0 Å². The number of rotatable bonds is 9. The molecule has 1 fully saturated rings. The van der Waals surface area contributed by atoms with E-state index in [1.165, 1.54) is 6.07 Å². The van der Waals surface area contributed by atoms with E-state index < -0.39 is 16.9 Å². The highest BCUT2D eigenvalue weighted by atomic mass is 79.9. The van der Waals surface area contributed by atoms with Gasteiger partial charge in [0.2, 0.25) is 11.8 Å². The van der Waals surface area contributed by atoms with Gasteiger partial charge in [0.1, 0.15) is 5.69 Å². The highest BCUT2D eigenvalue weighted by Gasteiger charge is 2.24. The first-order valence-electron chi connectivity index (χ1n) is 10.2. The van der Waals surface area contributed by atoms with E-state index >= 15 is 0 Å². The Bertz CT molecular complexity index is 958. The van der Waals surface area contributed by atoms with Crippen molar-refractivity contribution in [3.63, 3.8) is 0 Å². The fourth-order valence-corrected chi connectivity index (χ4v) is 4.08. The van der Waals surface area contributed by atoms with E-state index in [0.717, 1.165) is 35.7 Å². The molecule has 3 rings (SSSR count). The van der Waals surface area contributed by atoms with Crippen LogP contribution in [0.4, 0.5) is 11.4 Å². The Balaban J connectivity index is 1.79. The minimum absolute atomic E-state index is 0.0824. The van der Waals surface area contributed by atoms with Gasteiger partial charge >= 0.3 is 0 Å². The molecule has 2 aromatic carbocycles. The third-order valence-corrected chi connectivity index (χ3v) is 5.88. The largest absolute Gasteiger partial charge is 0.377 e. The van der Waals surface area contributed by atoms with E-state index in [1.54, 1.807) is 12.1 Å². The van der Waals surface area contributed by atoms with Crippen LogP contribution in [0.1, 0.15) is 49.3 Å². The Morgan fingerprint density at radius 3 is 2.45 bits per heavy atom. The van der Waals surface area contributed by atoms with Crippen molar-refractivity contribution in [1.82, 2.24) is 5.32 Å². The second-order valence-corrected chi connectivity index (χ2v) is 8.67. The molecule has 1 unspecified atom stereocenters. The number of nitro groups is 1. The summed E-state index contributed by atoms with van der Waals surface area (Å²) in [6.45, 7) is 0. The molecule has 9 heteroatoms. The molecule has 31 heavy (non-hydrogen) atoms. The molecule has 1 atom stereocenters. The van der Waals surface area contributed by atoms with E-state index in [-0.39, 0.29) is 30.5 Å². The van der Waals surface area contributed by atoms with E-state index in [0.29, 0.717) is 11.3 Å². The van der Waals surface area contributed by atoms with Gasteiger partial charge in [0.25, 0.3) is 5.69 Å². The SMILES string of the molecule is NC(=O)CC(NC(=O)Cc1ccc(Br)cc1)c1ccc(NC2CCCC2)c([N+](=O)[O-])c1. The summed E-state index contributed by atoms with van der Waals surface area (Å²) in [5.41, 5.74) is 7.00. The molecule has 0 aromatic heterocycles. The highest BCUT2D eigenvalue weighted by molar-refractivity contribution is 9.10. The Labute approximate surface area is 188 Å². The first-order valence-corrected chi connectivity index (χ1v) is 11.0. The van der Waals surface area contributed by atoms with Gasteiger partial charge in [-0.1, -0.05) is 47.0 Å². The van der Waals surface area contributed by atoms with Crippen molar-refractivity contribution in [2.75, 3.05) is 5.32 Å². The molecule has 1 aliphatic carbocycles. The summed E-state index contributed by atoms with van der Waals surface area (Å²) in [7, 11) is 0. The lowest BCUT2D eigenvalue weighted by Crippen LogP contribution is -2.32. The average Bonchev–Trinajstić information content (AvgIpc) is 3.22. The minimum Gasteiger partial charge on any atom is -0.377 e. The number of nitrogens with zero attached hydrogens (tertiary/aromatic N) is 1. The molecule has 8 nitrogen and oxygen atoms in total. The number of nitro benzene ring substituents is 1. The van der Waals surface area contributed by atoms with Crippen molar-refractivity contribution < 1.29 is 14.5 Å². The Hall–Kier alpha value is -2.94. The molecule has 0 saturated heterocycles. The second-order valence-electron chi connectivity index (χ2n) is 7.75. The standard InChI is InChI=1S/C22H25BrN4O4/c23-16-8-5-14(6-9-16)11-22(29)26-19(13-21(24)28)15-7-10-18(20(12-15)27(30)31)25-17-3-1-2-4-17/h5-10,12,17,19,25H,1-4,11,13H2,(H2,24,28)(H,26,29). The van der Waals surface area contributed by atoms with Crippen LogP contribution in [0, 0.1) is 10.1 Å². The summed E-state index contributed by atoms with van der Waals surface area (Å²) < 4.78 is 0.905. The average molecular weight is 489 g/mol. The molecule has 0 heterocycles. The number of hydrogen-bond donors (Lipinski definition) is 3. The number of halogens is 1. The molecule has 0 spiro atoms. The topological polar surface area (TPSA) is 127 Å². The van der Waals surface area contributed by atoms with E-state index in [2.05, 4.69) is 26.6 Å². The number of nitrogens with two attached hydrogens (primary N) is 1. The lowest BCUT2D eigenvalue weighted by atomic mass is 10.0. The number of carbonyl (C=O) groups is 2. The molecule has 164 valence electrons. The Morgan fingerprint density at radius 1 is 1.16 bits per heavy atom. The highest BCUT2D eigenvalue weighted by Crippen LogP contribution is 2.32. The number of anilines is 1. The van der Waals surface area contributed by atoms with Crippen molar-refractivity contribution in [2.45, 2.75) is 50.6 Å². The van der Waals surface area contributed by atoms with Crippen molar-refractivity contribution in [1.29, 1.82) is 0 Å². The normalized spacial score (nSPS) is 14.7. The number of hydrogen-bond acceptors (Lipinski definition) is 5. The first kappa shape index (κ1) is 22.7. The van der Waals surface area contributed by atoms with Crippen LogP contribution < -0.4 is 16.4 Å². The number of benzene rings is 2. The third kappa shape index (κ3) is 6.52. The van der Waals surface area contributed by atoms with E-state index in [1.807, 2.05) is 24.3 Å². The van der Waals surface area contributed by atoms with E-state index in [4.69, 9.17) is 5.73 Å². The molecule has 0 bridgehead atoms. The number of carbonyl (C=O) groups excluding carboxylic acids is 2. The minimum atomic E-state index is -0.750. The van der Waals surface area contributed by atoms with Gasteiger partial charge in [-0.3, -0.25) is 19.7 Å². The number of nitrogens with one attached hydrogen (secondary N) is 2. The number of primary amides is 1. The van der Waals surface area contributed by atoms with Crippen LogP contribution in [0.2, 0.25) is 0 Å².